The smallest absolute Gasteiger partial charge is 0.191 e. The van der Waals surface area contributed by atoms with Gasteiger partial charge < -0.3 is 10.6 Å². The zero-order valence-electron chi connectivity index (χ0n) is 14.7. The molecule has 0 saturated heterocycles. The molecule has 2 rings (SSSR count). The minimum atomic E-state index is 0.721. The normalized spacial score (nSPS) is 11.8. The molecule has 0 aromatic carbocycles. The lowest BCUT2D eigenvalue weighted by Gasteiger charge is -2.11. The van der Waals surface area contributed by atoms with Crippen LogP contribution in [0, 0.1) is 20.8 Å². The van der Waals surface area contributed by atoms with Crippen molar-refractivity contribution in [3.05, 3.63) is 38.8 Å². The second kappa shape index (κ2) is 8.15. The lowest BCUT2D eigenvalue weighted by molar-refractivity contribution is 0.729. The van der Waals surface area contributed by atoms with Crippen LogP contribution in [-0.2, 0) is 20.0 Å². The summed E-state index contributed by atoms with van der Waals surface area (Å²) in [5, 5.41) is 11.2. The predicted octanol–water partition coefficient (Wildman–Crippen LogP) is 2.70. The summed E-state index contributed by atoms with van der Waals surface area (Å²) < 4.78 is 1.95. The second-order valence-corrected chi connectivity index (χ2v) is 7.03. The van der Waals surface area contributed by atoms with Crippen LogP contribution in [0.2, 0.25) is 0 Å². The number of aromatic nitrogens is 2. The number of guanidine groups is 1. The van der Waals surface area contributed by atoms with E-state index in [1.165, 1.54) is 21.0 Å². The fraction of sp³-hybridized carbons (Fsp3) is 0.529. The Hall–Kier alpha value is -1.82. The van der Waals surface area contributed by atoms with E-state index in [2.05, 4.69) is 60.6 Å². The molecule has 0 aliphatic rings. The maximum absolute atomic E-state index is 4.66. The van der Waals surface area contributed by atoms with Gasteiger partial charge >= 0.3 is 0 Å². The number of nitrogens with one attached hydrogen (secondary N) is 2. The van der Waals surface area contributed by atoms with Gasteiger partial charge in [-0.05, 0) is 51.8 Å². The number of rotatable bonds is 6. The molecule has 0 saturated carbocycles. The van der Waals surface area contributed by atoms with Crippen LogP contribution in [0.4, 0.5) is 0 Å². The molecule has 2 aromatic rings. The first kappa shape index (κ1) is 17.5. The third kappa shape index (κ3) is 4.82. The van der Waals surface area contributed by atoms with E-state index in [0.29, 0.717) is 0 Å². The van der Waals surface area contributed by atoms with E-state index in [1.807, 2.05) is 11.7 Å². The Morgan fingerprint density at radius 2 is 2.04 bits per heavy atom. The van der Waals surface area contributed by atoms with Gasteiger partial charge in [0.15, 0.2) is 5.96 Å². The van der Waals surface area contributed by atoms with E-state index in [0.717, 1.165) is 37.7 Å². The van der Waals surface area contributed by atoms with Crippen molar-refractivity contribution >= 4 is 17.3 Å². The second-order valence-electron chi connectivity index (χ2n) is 5.66. The molecule has 2 aromatic heterocycles. The number of thiophene rings is 1. The lowest BCUT2D eigenvalue weighted by atomic mass is 10.1. The highest BCUT2D eigenvalue weighted by atomic mass is 32.1. The molecule has 0 radical (unpaired) electrons. The van der Waals surface area contributed by atoms with Gasteiger partial charge in [-0.1, -0.05) is 0 Å². The Morgan fingerprint density at radius 3 is 2.61 bits per heavy atom. The highest BCUT2D eigenvalue weighted by molar-refractivity contribution is 7.11. The molecule has 2 heterocycles. The van der Waals surface area contributed by atoms with Crippen LogP contribution in [0.15, 0.2) is 17.1 Å². The minimum absolute atomic E-state index is 0.721. The highest BCUT2D eigenvalue weighted by Crippen LogP contribution is 2.15. The van der Waals surface area contributed by atoms with Gasteiger partial charge in [0.05, 0.1) is 12.2 Å². The van der Waals surface area contributed by atoms with Gasteiger partial charge in [0.1, 0.15) is 0 Å². The average Bonchev–Trinajstić information content (AvgIpc) is 3.02. The maximum atomic E-state index is 4.66. The van der Waals surface area contributed by atoms with Crippen LogP contribution in [0.5, 0.6) is 0 Å². The molecular formula is C17H27N5S. The van der Waals surface area contributed by atoms with Gasteiger partial charge in [-0.25, -0.2) is 4.99 Å². The quantitative estimate of drug-likeness (QED) is 0.631. The summed E-state index contributed by atoms with van der Waals surface area (Å²) in [6.07, 6.45) is 0.952. The van der Waals surface area contributed by atoms with Crippen molar-refractivity contribution in [1.82, 2.24) is 20.4 Å². The third-order valence-electron chi connectivity index (χ3n) is 3.86. The molecule has 0 aliphatic heterocycles. The van der Waals surface area contributed by atoms with Crippen LogP contribution in [0.3, 0.4) is 0 Å². The van der Waals surface area contributed by atoms with Crippen LogP contribution in [0.1, 0.15) is 33.6 Å². The summed E-state index contributed by atoms with van der Waals surface area (Å²) in [6, 6.07) is 4.29. The standard InChI is InChI=1S/C17H27N5S/c1-6-18-17(20-11-15-8-7-12(2)23-15)19-10-9-16-13(3)21-22(5)14(16)4/h7-8H,6,9-11H2,1-5H3,(H2,18,19,20). The Kier molecular flexibility index (Phi) is 6.21. The van der Waals surface area contributed by atoms with Crippen molar-refractivity contribution in [2.24, 2.45) is 12.0 Å². The van der Waals surface area contributed by atoms with Crippen LogP contribution in [-0.4, -0.2) is 28.8 Å². The molecule has 0 spiro atoms. The molecule has 0 aliphatic carbocycles. The van der Waals surface area contributed by atoms with Crippen LogP contribution < -0.4 is 10.6 Å². The van der Waals surface area contributed by atoms with Crippen molar-refractivity contribution in [2.45, 2.75) is 40.7 Å². The number of nitrogens with zero attached hydrogens (tertiary/aromatic N) is 3. The maximum Gasteiger partial charge on any atom is 0.191 e. The molecule has 0 unspecified atom stereocenters. The summed E-state index contributed by atoms with van der Waals surface area (Å²) in [7, 11) is 1.99. The van der Waals surface area contributed by atoms with E-state index < -0.39 is 0 Å². The first-order valence-electron chi connectivity index (χ1n) is 8.07. The molecule has 126 valence electrons. The van der Waals surface area contributed by atoms with Crippen LogP contribution in [0.25, 0.3) is 0 Å². The number of aliphatic imine (C=N–C) groups is 1. The minimum Gasteiger partial charge on any atom is -0.357 e. The highest BCUT2D eigenvalue weighted by Gasteiger charge is 2.09. The third-order valence-corrected chi connectivity index (χ3v) is 4.85. The number of hydrogen-bond donors (Lipinski definition) is 2. The summed E-state index contributed by atoms with van der Waals surface area (Å²) in [4.78, 5) is 7.28. The number of hydrogen-bond acceptors (Lipinski definition) is 3. The van der Waals surface area contributed by atoms with E-state index >= 15 is 0 Å². The molecule has 0 bridgehead atoms. The number of aryl methyl sites for hydroxylation is 3. The molecule has 0 atom stereocenters. The average molecular weight is 334 g/mol. The zero-order valence-corrected chi connectivity index (χ0v) is 15.5. The SMILES string of the molecule is CCNC(=NCc1ccc(C)s1)NCCc1c(C)nn(C)c1C. The van der Waals surface area contributed by atoms with E-state index in [4.69, 9.17) is 0 Å². The summed E-state index contributed by atoms with van der Waals surface area (Å²) in [5.41, 5.74) is 3.67. The Morgan fingerprint density at radius 1 is 1.26 bits per heavy atom. The Balaban J connectivity index is 1.91. The topological polar surface area (TPSA) is 54.2 Å². The fourth-order valence-electron chi connectivity index (χ4n) is 2.55. The van der Waals surface area contributed by atoms with Gasteiger partial charge in [0.25, 0.3) is 0 Å². The first-order valence-corrected chi connectivity index (χ1v) is 8.89. The van der Waals surface area contributed by atoms with E-state index in [-0.39, 0.29) is 0 Å². The van der Waals surface area contributed by atoms with Crippen molar-refractivity contribution in [3.8, 4) is 0 Å². The molecule has 5 nitrogen and oxygen atoms in total. The van der Waals surface area contributed by atoms with Crippen molar-refractivity contribution < 1.29 is 0 Å². The molecule has 2 N–H and O–H groups in total. The summed E-state index contributed by atoms with van der Waals surface area (Å²) >= 11 is 1.80. The largest absolute Gasteiger partial charge is 0.357 e. The molecule has 0 amide bonds. The molecule has 0 fully saturated rings. The van der Waals surface area contributed by atoms with Gasteiger partial charge in [-0.3, -0.25) is 4.68 Å². The summed E-state index contributed by atoms with van der Waals surface area (Å²) in [5.74, 6) is 0.873. The Labute approximate surface area is 142 Å². The van der Waals surface area contributed by atoms with Crippen molar-refractivity contribution in [3.63, 3.8) is 0 Å². The Bertz CT molecular complexity index is 669. The van der Waals surface area contributed by atoms with E-state index in [9.17, 15) is 0 Å². The fourth-order valence-corrected chi connectivity index (χ4v) is 3.37. The first-order chi connectivity index (χ1) is 11.0. The summed E-state index contributed by atoms with van der Waals surface area (Å²) in [6.45, 7) is 10.8. The van der Waals surface area contributed by atoms with Gasteiger partial charge in [0, 0.05) is 35.6 Å². The molecule has 6 heteroatoms. The van der Waals surface area contributed by atoms with Crippen LogP contribution >= 0.6 is 11.3 Å². The van der Waals surface area contributed by atoms with Gasteiger partial charge in [0.2, 0.25) is 0 Å². The molecular weight excluding hydrogens is 306 g/mol. The van der Waals surface area contributed by atoms with Crippen molar-refractivity contribution in [1.29, 1.82) is 0 Å². The van der Waals surface area contributed by atoms with Crippen molar-refractivity contribution in [2.75, 3.05) is 13.1 Å². The molecule has 23 heavy (non-hydrogen) atoms. The van der Waals surface area contributed by atoms with Gasteiger partial charge in [-0.2, -0.15) is 5.10 Å². The monoisotopic (exact) mass is 333 g/mol. The predicted molar refractivity (Wildman–Crippen MR) is 98.3 cm³/mol. The zero-order chi connectivity index (χ0) is 16.8. The lowest BCUT2D eigenvalue weighted by Crippen LogP contribution is -2.38. The van der Waals surface area contributed by atoms with Gasteiger partial charge in [-0.15, -0.1) is 11.3 Å². The van der Waals surface area contributed by atoms with E-state index in [1.54, 1.807) is 11.3 Å².